The molecule has 1 aliphatic carbocycles. The Kier molecular flexibility index (Phi) is 3.52. The number of aryl methyl sites for hydroxylation is 1. The van der Waals surface area contributed by atoms with Crippen LogP contribution in [-0.2, 0) is 0 Å². The smallest absolute Gasteiger partial charge is 0.145 e. The lowest BCUT2D eigenvalue weighted by atomic mass is 10.1. The van der Waals surface area contributed by atoms with Crippen LogP contribution in [0, 0.1) is 6.92 Å². The maximum absolute atomic E-state index is 6.20. The lowest BCUT2D eigenvalue weighted by molar-refractivity contribution is 0.302. The highest BCUT2D eigenvalue weighted by molar-refractivity contribution is 6.32. The molecule has 0 saturated heterocycles. The van der Waals surface area contributed by atoms with Crippen LogP contribution in [0.2, 0.25) is 5.02 Å². The molecule has 1 saturated carbocycles. The number of nitrogens with two attached hydrogens (primary N) is 1. The summed E-state index contributed by atoms with van der Waals surface area (Å²) in [6.45, 7) is 2.54. The van der Waals surface area contributed by atoms with Crippen molar-refractivity contribution in [2.45, 2.75) is 25.9 Å². The first-order valence-electron chi connectivity index (χ1n) is 5.54. The normalized spacial score (nSPS) is 15.7. The molecule has 2 rings (SSSR count). The molecular formula is C13H16ClNO. The topological polar surface area (TPSA) is 35.2 Å². The van der Waals surface area contributed by atoms with E-state index in [0.717, 1.165) is 29.7 Å². The number of hydrogen-bond donors (Lipinski definition) is 1. The summed E-state index contributed by atoms with van der Waals surface area (Å²) < 4.78 is 5.82. The van der Waals surface area contributed by atoms with Gasteiger partial charge >= 0.3 is 0 Å². The molecule has 2 nitrogen and oxygen atoms in total. The Morgan fingerprint density at radius 2 is 2.25 bits per heavy atom. The third-order valence-electron chi connectivity index (χ3n) is 2.46. The maximum Gasteiger partial charge on any atom is 0.145 e. The molecule has 86 valence electrons. The minimum absolute atomic E-state index is 0.352. The van der Waals surface area contributed by atoms with E-state index in [4.69, 9.17) is 22.1 Å². The van der Waals surface area contributed by atoms with Gasteiger partial charge in [-0.15, -0.1) is 0 Å². The van der Waals surface area contributed by atoms with Crippen molar-refractivity contribution in [2.24, 2.45) is 5.73 Å². The van der Waals surface area contributed by atoms with Gasteiger partial charge in [0.15, 0.2) is 0 Å². The molecule has 0 amide bonds. The number of hydrogen-bond acceptors (Lipinski definition) is 2. The van der Waals surface area contributed by atoms with Gasteiger partial charge in [-0.3, -0.25) is 0 Å². The second kappa shape index (κ2) is 4.89. The Balaban J connectivity index is 2.32. The first-order chi connectivity index (χ1) is 7.70. The van der Waals surface area contributed by atoms with E-state index < -0.39 is 0 Å². The third-order valence-corrected chi connectivity index (χ3v) is 2.74. The van der Waals surface area contributed by atoms with Crippen molar-refractivity contribution in [3.8, 4) is 5.75 Å². The molecule has 0 aliphatic heterocycles. The molecule has 2 N–H and O–H groups in total. The summed E-state index contributed by atoms with van der Waals surface area (Å²) in [4.78, 5) is 0. The monoisotopic (exact) mass is 237 g/mol. The molecule has 0 unspecified atom stereocenters. The number of halogens is 1. The van der Waals surface area contributed by atoms with Gasteiger partial charge in [0.1, 0.15) is 5.75 Å². The number of rotatable bonds is 4. The summed E-state index contributed by atoms with van der Waals surface area (Å²) in [5.74, 6) is 0.791. The molecule has 0 bridgehead atoms. The van der Waals surface area contributed by atoms with Gasteiger partial charge in [0.05, 0.1) is 11.1 Å². The first kappa shape index (κ1) is 11.5. The lowest BCUT2D eigenvalue weighted by Crippen LogP contribution is -1.99. The van der Waals surface area contributed by atoms with Crippen LogP contribution in [0.5, 0.6) is 5.75 Å². The van der Waals surface area contributed by atoms with Crippen LogP contribution in [0.15, 0.2) is 18.2 Å². The van der Waals surface area contributed by atoms with E-state index in [0.29, 0.717) is 17.7 Å². The summed E-state index contributed by atoms with van der Waals surface area (Å²) in [5, 5.41) is 0.684. The van der Waals surface area contributed by atoms with Gasteiger partial charge in [-0.2, -0.15) is 0 Å². The minimum atomic E-state index is 0.352. The van der Waals surface area contributed by atoms with Crippen LogP contribution in [0.4, 0.5) is 0 Å². The maximum atomic E-state index is 6.20. The Bertz CT molecular complexity index is 411. The summed E-state index contributed by atoms with van der Waals surface area (Å²) >= 11 is 6.20. The van der Waals surface area contributed by atoms with Gasteiger partial charge in [0, 0.05) is 12.1 Å². The van der Waals surface area contributed by atoms with Gasteiger partial charge in [-0.25, -0.2) is 0 Å². The number of benzene rings is 1. The molecule has 0 aromatic heterocycles. The highest BCUT2D eigenvalue weighted by Crippen LogP contribution is 2.36. The van der Waals surface area contributed by atoms with Crippen LogP contribution >= 0.6 is 11.6 Å². The average molecular weight is 238 g/mol. The molecule has 0 spiro atoms. The van der Waals surface area contributed by atoms with Gasteiger partial charge < -0.3 is 10.5 Å². The van der Waals surface area contributed by atoms with Crippen LogP contribution < -0.4 is 10.5 Å². The van der Waals surface area contributed by atoms with Crippen molar-refractivity contribution in [3.63, 3.8) is 0 Å². The van der Waals surface area contributed by atoms with Crippen molar-refractivity contribution in [1.29, 1.82) is 0 Å². The Labute approximate surface area is 101 Å². The van der Waals surface area contributed by atoms with E-state index in [1.807, 2.05) is 25.1 Å². The zero-order valence-electron chi connectivity index (χ0n) is 9.37. The standard InChI is InChI=1S/C13H16ClNO/c1-9-7-10(3-2-6-15)13(12(14)8-9)16-11-4-5-11/h2-3,7-8,11H,4-6,15H2,1H3/b3-2+. The lowest BCUT2D eigenvalue weighted by Gasteiger charge is -2.11. The second-order valence-electron chi connectivity index (χ2n) is 4.12. The van der Waals surface area contributed by atoms with Crippen LogP contribution in [-0.4, -0.2) is 12.6 Å². The molecule has 1 fully saturated rings. The second-order valence-corrected chi connectivity index (χ2v) is 4.53. The predicted molar refractivity (Wildman–Crippen MR) is 67.9 cm³/mol. The van der Waals surface area contributed by atoms with Crippen LogP contribution in [0.3, 0.4) is 0 Å². The molecule has 0 atom stereocenters. The number of ether oxygens (including phenoxy) is 1. The summed E-state index contributed by atoms with van der Waals surface area (Å²) in [6, 6.07) is 3.99. The zero-order valence-corrected chi connectivity index (χ0v) is 10.1. The molecule has 16 heavy (non-hydrogen) atoms. The largest absolute Gasteiger partial charge is 0.488 e. The fraction of sp³-hybridized carbons (Fsp3) is 0.385. The molecular weight excluding hydrogens is 222 g/mol. The SMILES string of the molecule is Cc1cc(Cl)c(OC2CC2)c(/C=C/CN)c1. The molecule has 1 aromatic rings. The fourth-order valence-electron chi connectivity index (χ4n) is 1.55. The average Bonchev–Trinajstić information content (AvgIpc) is 3.03. The highest BCUT2D eigenvalue weighted by Gasteiger charge is 2.25. The molecule has 3 heteroatoms. The van der Waals surface area contributed by atoms with E-state index in [2.05, 4.69) is 6.07 Å². The Morgan fingerprint density at radius 3 is 2.88 bits per heavy atom. The zero-order chi connectivity index (χ0) is 11.5. The van der Waals surface area contributed by atoms with E-state index in [1.165, 1.54) is 0 Å². The molecule has 0 heterocycles. The van der Waals surface area contributed by atoms with Crippen molar-refractivity contribution in [3.05, 3.63) is 34.4 Å². The molecule has 1 aromatic carbocycles. The quantitative estimate of drug-likeness (QED) is 0.873. The van der Waals surface area contributed by atoms with E-state index >= 15 is 0 Å². The van der Waals surface area contributed by atoms with E-state index in [-0.39, 0.29) is 0 Å². The first-order valence-corrected chi connectivity index (χ1v) is 5.92. The van der Waals surface area contributed by atoms with Crippen LogP contribution in [0.1, 0.15) is 24.0 Å². The predicted octanol–water partition coefficient (Wildman–Crippen LogP) is 3.16. The van der Waals surface area contributed by atoms with Crippen LogP contribution in [0.25, 0.3) is 6.08 Å². The van der Waals surface area contributed by atoms with Gasteiger partial charge in [-0.05, 0) is 37.5 Å². The highest BCUT2D eigenvalue weighted by atomic mass is 35.5. The van der Waals surface area contributed by atoms with Gasteiger partial charge in [0.2, 0.25) is 0 Å². The summed E-state index contributed by atoms with van der Waals surface area (Å²) in [5.41, 5.74) is 7.60. The third kappa shape index (κ3) is 2.77. The van der Waals surface area contributed by atoms with Crippen molar-refractivity contribution in [2.75, 3.05) is 6.54 Å². The minimum Gasteiger partial charge on any atom is -0.488 e. The Morgan fingerprint density at radius 1 is 1.50 bits per heavy atom. The molecule has 1 aliphatic rings. The van der Waals surface area contributed by atoms with Crippen molar-refractivity contribution >= 4 is 17.7 Å². The summed E-state index contributed by atoms with van der Waals surface area (Å²) in [7, 11) is 0. The van der Waals surface area contributed by atoms with Gasteiger partial charge in [0.25, 0.3) is 0 Å². The Hall–Kier alpha value is -0.990. The van der Waals surface area contributed by atoms with E-state index in [1.54, 1.807) is 0 Å². The fourth-order valence-corrected chi connectivity index (χ4v) is 1.88. The van der Waals surface area contributed by atoms with Gasteiger partial charge in [-0.1, -0.05) is 23.8 Å². The van der Waals surface area contributed by atoms with Crippen molar-refractivity contribution < 1.29 is 4.74 Å². The summed E-state index contributed by atoms with van der Waals surface area (Å²) in [6.07, 6.45) is 6.49. The van der Waals surface area contributed by atoms with E-state index in [9.17, 15) is 0 Å². The molecule has 0 radical (unpaired) electrons. The van der Waals surface area contributed by atoms with Crippen molar-refractivity contribution in [1.82, 2.24) is 0 Å².